The zero-order chi connectivity index (χ0) is 17.1. The molecule has 24 heavy (non-hydrogen) atoms. The van der Waals surface area contributed by atoms with E-state index in [0.29, 0.717) is 16.6 Å². The molecule has 0 atom stereocenters. The molecule has 0 radical (unpaired) electrons. The van der Waals surface area contributed by atoms with Gasteiger partial charge in [-0.2, -0.15) is 0 Å². The van der Waals surface area contributed by atoms with Crippen molar-refractivity contribution in [3.8, 4) is 17.0 Å². The maximum Gasteiger partial charge on any atom is 0.119 e. The second-order valence-corrected chi connectivity index (χ2v) is 6.55. The number of hydrogen-bond donors (Lipinski definition) is 2. The highest BCUT2D eigenvalue weighted by Crippen LogP contribution is 2.40. The van der Waals surface area contributed by atoms with Gasteiger partial charge in [-0.25, -0.2) is 0 Å². The molecule has 0 bridgehead atoms. The maximum atomic E-state index is 6.43. The number of nitrogens with two attached hydrogens (primary N) is 1. The molecule has 2 aromatic carbocycles. The number of benzene rings is 2. The van der Waals surface area contributed by atoms with Gasteiger partial charge in [0.2, 0.25) is 0 Å². The second kappa shape index (κ2) is 7.47. The fourth-order valence-corrected chi connectivity index (χ4v) is 3.60. The van der Waals surface area contributed by atoms with E-state index in [2.05, 4.69) is 11.1 Å². The highest BCUT2D eigenvalue weighted by molar-refractivity contribution is 6.39. The number of fused-ring (bicyclic) bond motifs is 1. The summed E-state index contributed by atoms with van der Waals surface area (Å²) < 4.78 is 5.38. The Kier molecular flexibility index (Phi) is 5.34. The molecule has 0 spiro atoms. The van der Waals surface area contributed by atoms with Crippen molar-refractivity contribution in [2.24, 2.45) is 5.73 Å². The second-order valence-electron chi connectivity index (χ2n) is 5.73. The summed E-state index contributed by atoms with van der Waals surface area (Å²) in [5.74, 6) is 0.832. The van der Waals surface area contributed by atoms with Crippen molar-refractivity contribution in [1.82, 2.24) is 4.98 Å². The van der Waals surface area contributed by atoms with Crippen LogP contribution >= 0.6 is 23.2 Å². The van der Waals surface area contributed by atoms with Crippen molar-refractivity contribution >= 4 is 34.1 Å². The van der Waals surface area contributed by atoms with Crippen LogP contribution in [0.1, 0.15) is 18.4 Å². The van der Waals surface area contributed by atoms with Crippen molar-refractivity contribution < 1.29 is 4.74 Å². The molecule has 1 heterocycles. The van der Waals surface area contributed by atoms with E-state index in [1.54, 1.807) is 7.11 Å². The minimum atomic E-state index is 0.640. The summed E-state index contributed by atoms with van der Waals surface area (Å²) in [5.41, 5.74) is 9.72. The van der Waals surface area contributed by atoms with Crippen LogP contribution in [0.2, 0.25) is 10.0 Å². The molecule has 126 valence electrons. The first kappa shape index (κ1) is 17.2. The number of aromatic nitrogens is 1. The summed E-state index contributed by atoms with van der Waals surface area (Å²) in [6.07, 6.45) is 2.89. The van der Waals surface area contributed by atoms with Crippen LogP contribution in [-0.2, 0) is 6.42 Å². The van der Waals surface area contributed by atoms with Gasteiger partial charge in [0, 0.05) is 16.5 Å². The molecule has 1 aromatic heterocycles. The smallest absolute Gasteiger partial charge is 0.119 e. The zero-order valence-corrected chi connectivity index (χ0v) is 15.0. The third kappa shape index (κ3) is 3.25. The van der Waals surface area contributed by atoms with Crippen LogP contribution in [0.4, 0.5) is 0 Å². The maximum absolute atomic E-state index is 6.43. The van der Waals surface area contributed by atoms with Gasteiger partial charge in [-0.3, -0.25) is 0 Å². The average molecular weight is 363 g/mol. The summed E-state index contributed by atoms with van der Waals surface area (Å²) in [5, 5.41) is 2.42. The third-order valence-corrected chi connectivity index (χ3v) is 4.84. The number of rotatable bonds is 6. The lowest BCUT2D eigenvalue weighted by atomic mass is 10.00. The lowest BCUT2D eigenvalue weighted by Gasteiger charge is -2.09. The van der Waals surface area contributed by atoms with Gasteiger partial charge in [-0.05, 0) is 61.7 Å². The van der Waals surface area contributed by atoms with E-state index in [-0.39, 0.29) is 0 Å². The first-order valence-corrected chi connectivity index (χ1v) is 8.74. The average Bonchev–Trinajstić information content (AvgIpc) is 2.92. The largest absolute Gasteiger partial charge is 0.497 e. The fourth-order valence-electron chi connectivity index (χ4n) is 3.01. The quantitative estimate of drug-likeness (QED) is 0.574. The highest BCUT2D eigenvalue weighted by atomic mass is 35.5. The standard InChI is InChI=1S/C19H20Cl2N2O/c1-24-12-8-9-17-14(11-12)13(5-2-3-10-22)19(23-17)18-15(20)6-4-7-16(18)21/h4,6-9,11,23H,2-3,5,10,22H2,1H3. The Balaban J connectivity index is 2.20. The predicted molar refractivity (Wildman–Crippen MR) is 102 cm³/mol. The SMILES string of the molecule is COc1ccc2[nH]c(-c3c(Cl)cccc3Cl)c(CCCCN)c2c1. The zero-order valence-electron chi connectivity index (χ0n) is 13.5. The van der Waals surface area contributed by atoms with Gasteiger partial charge < -0.3 is 15.5 Å². The van der Waals surface area contributed by atoms with Crippen molar-refractivity contribution in [1.29, 1.82) is 0 Å². The number of methoxy groups -OCH3 is 1. The number of ether oxygens (including phenoxy) is 1. The lowest BCUT2D eigenvalue weighted by molar-refractivity contribution is 0.415. The fraction of sp³-hybridized carbons (Fsp3) is 0.263. The summed E-state index contributed by atoms with van der Waals surface area (Å²) in [6.45, 7) is 0.688. The van der Waals surface area contributed by atoms with Crippen LogP contribution in [0.5, 0.6) is 5.75 Å². The van der Waals surface area contributed by atoms with Gasteiger partial charge in [0.1, 0.15) is 5.75 Å². The molecule has 3 aromatic rings. The van der Waals surface area contributed by atoms with E-state index >= 15 is 0 Å². The molecule has 0 saturated carbocycles. The minimum Gasteiger partial charge on any atom is -0.497 e. The Bertz CT molecular complexity index is 838. The summed E-state index contributed by atoms with van der Waals surface area (Å²) in [4.78, 5) is 3.48. The molecule has 3 nitrogen and oxygen atoms in total. The van der Waals surface area contributed by atoms with E-state index in [0.717, 1.165) is 47.2 Å². The number of aromatic amines is 1. The van der Waals surface area contributed by atoms with Crippen molar-refractivity contribution in [2.75, 3.05) is 13.7 Å². The summed E-state index contributed by atoms with van der Waals surface area (Å²) in [7, 11) is 1.67. The molecule has 0 unspecified atom stereocenters. The Morgan fingerprint density at radius 2 is 1.83 bits per heavy atom. The molecule has 0 aliphatic carbocycles. The number of halogens is 2. The number of unbranched alkanes of at least 4 members (excludes halogenated alkanes) is 1. The van der Waals surface area contributed by atoms with Crippen LogP contribution in [0.15, 0.2) is 36.4 Å². The molecule has 0 saturated heterocycles. The monoisotopic (exact) mass is 362 g/mol. The van der Waals surface area contributed by atoms with E-state index in [4.69, 9.17) is 33.7 Å². The van der Waals surface area contributed by atoms with Crippen LogP contribution < -0.4 is 10.5 Å². The number of hydrogen-bond acceptors (Lipinski definition) is 2. The topological polar surface area (TPSA) is 51.0 Å². The first-order chi connectivity index (χ1) is 11.7. The van der Waals surface area contributed by atoms with Gasteiger partial charge in [0.25, 0.3) is 0 Å². The lowest BCUT2D eigenvalue weighted by Crippen LogP contribution is -1.99. The van der Waals surface area contributed by atoms with Crippen molar-refractivity contribution in [3.63, 3.8) is 0 Å². The molecule has 5 heteroatoms. The molecule has 0 aliphatic heterocycles. The van der Waals surface area contributed by atoms with E-state index in [9.17, 15) is 0 Å². The Hall–Kier alpha value is -1.68. The predicted octanol–water partition coefficient (Wildman–Crippen LogP) is 5.43. The van der Waals surface area contributed by atoms with Gasteiger partial charge in [0.15, 0.2) is 0 Å². The van der Waals surface area contributed by atoms with E-state index in [1.807, 2.05) is 30.3 Å². The molecular formula is C19H20Cl2N2O. The molecular weight excluding hydrogens is 343 g/mol. The van der Waals surface area contributed by atoms with E-state index < -0.39 is 0 Å². The van der Waals surface area contributed by atoms with E-state index in [1.165, 1.54) is 5.56 Å². The van der Waals surface area contributed by atoms with Crippen molar-refractivity contribution in [2.45, 2.75) is 19.3 Å². The number of H-pyrrole nitrogens is 1. The third-order valence-electron chi connectivity index (χ3n) is 4.21. The van der Waals surface area contributed by atoms with Crippen LogP contribution in [0.3, 0.4) is 0 Å². The van der Waals surface area contributed by atoms with Crippen molar-refractivity contribution in [3.05, 3.63) is 52.0 Å². The molecule has 0 aliphatic rings. The van der Waals surface area contributed by atoms with Crippen LogP contribution in [0, 0.1) is 0 Å². The minimum absolute atomic E-state index is 0.640. The summed E-state index contributed by atoms with van der Waals surface area (Å²) in [6, 6.07) is 11.6. The molecule has 0 amide bonds. The van der Waals surface area contributed by atoms with Gasteiger partial charge in [0.05, 0.1) is 22.8 Å². The molecule has 3 N–H and O–H groups in total. The van der Waals surface area contributed by atoms with Crippen LogP contribution in [0.25, 0.3) is 22.2 Å². The van der Waals surface area contributed by atoms with Gasteiger partial charge >= 0.3 is 0 Å². The Morgan fingerprint density at radius 1 is 1.08 bits per heavy atom. The van der Waals surface area contributed by atoms with Crippen LogP contribution in [-0.4, -0.2) is 18.6 Å². The van der Waals surface area contributed by atoms with Gasteiger partial charge in [-0.1, -0.05) is 29.3 Å². The number of aryl methyl sites for hydroxylation is 1. The highest BCUT2D eigenvalue weighted by Gasteiger charge is 2.18. The Morgan fingerprint density at radius 3 is 2.50 bits per heavy atom. The molecule has 3 rings (SSSR count). The Labute approximate surface area is 151 Å². The summed E-state index contributed by atoms with van der Waals surface area (Å²) >= 11 is 12.9. The normalized spacial score (nSPS) is 11.2. The number of nitrogens with one attached hydrogen (secondary N) is 1. The molecule has 0 fully saturated rings. The first-order valence-electron chi connectivity index (χ1n) is 7.98. The van der Waals surface area contributed by atoms with Gasteiger partial charge in [-0.15, -0.1) is 0 Å².